The number of benzene rings is 2. The number of para-hydroxylation sites is 1. The molecule has 0 aliphatic carbocycles. The highest BCUT2D eigenvalue weighted by Gasteiger charge is 2.32. The van der Waals surface area contributed by atoms with E-state index in [4.69, 9.17) is 20.6 Å². The second-order valence-electron chi connectivity index (χ2n) is 10.5. The van der Waals surface area contributed by atoms with Crippen LogP contribution in [0.2, 0.25) is 0 Å². The van der Waals surface area contributed by atoms with E-state index in [0.717, 1.165) is 11.1 Å². The number of hydrogen-bond donors (Lipinski definition) is 3. The summed E-state index contributed by atoms with van der Waals surface area (Å²) in [7, 11) is 0. The van der Waals surface area contributed by atoms with E-state index in [1.165, 1.54) is 0 Å². The number of ketones is 1. The summed E-state index contributed by atoms with van der Waals surface area (Å²) in [6.45, 7) is 12.2. The van der Waals surface area contributed by atoms with Gasteiger partial charge in [0.05, 0.1) is 30.4 Å². The third kappa shape index (κ3) is 6.32. The lowest BCUT2D eigenvalue weighted by atomic mass is 9.85. The van der Waals surface area contributed by atoms with Gasteiger partial charge in [-0.2, -0.15) is 0 Å². The molecule has 39 heavy (non-hydrogen) atoms. The van der Waals surface area contributed by atoms with E-state index in [9.17, 15) is 19.5 Å². The molecule has 3 rings (SSSR count). The first-order valence-corrected chi connectivity index (χ1v) is 13.0. The lowest BCUT2D eigenvalue weighted by Gasteiger charge is -2.34. The molecule has 10 nitrogen and oxygen atoms in total. The van der Waals surface area contributed by atoms with Crippen LogP contribution < -0.4 is 20.1 Å². The zero-order valence-corrected chi connectivity index (χ0v) is 23.5. The van der Waals surface area contributed by atoms with E-state index in [1.54, 1.807) is 30.9 Å². The predicted molar refractivity (Wildman–Crippen MR) is 149 cm³/mol. The average molecular weight is 539 g/mol. The fraction of sp³-hybridized carbons (Fsp3) is 0.448. The first-order valence-electron chi connectivity index (χ1n) is 13.0. The van der Waals surface area contributed by atoms with E-state index in [-0.39, 0.29) is 29.1 Å². The molecule has 0 aromatic heterocycles. The average Bonchev–Trinajstić information content (AvgIpc) is 3.16. The molecule has 0 saturated heterocycles. The highest BCUT2D eigenvalue weighted by Crippen LogP contribution is 2.40. The van der Waals surface area contributed by atoms with Gasteiger partial charge in [-0.1, -0.05) is 32.9 Å². The van der Waals surface area contributed by atoms with Crippen LogP contribution in [0.1, 0.15) is 68.6 Å². The third-order valence-electron chi connectivity index (χ3n) is 6.78. The van der Waals surface area contributed by atoms with Crippen LogP contribution in [0.4, 0.5) is 5.69 Å². The summed E-state index contributed by atoms with van der Waals surface area (Å²) < 4.78 is 11.4. The molecule has 0 fully saturated rings. The number of aliphatic carboxylic acids is 1. The maximum atomic E-state index is 13.6. The van der Waals surface area contributed by atoms with Crippen LogP contribution in [-0.4, -0.2) is 65.8 Å². The Morgan fingerprint density at radius 1 is 1.18 bits per heavy atom. The summed E-state index contributed by atoms with van der Waals surface area (Å²) in [5.74, 6) is -0.912. The van der Waals surface area contributed by atoms with E-state index >= 15 is 0 Å². The molecule has 0 radical (unpaired) electrons. The zero-order valence-electron chi connectivity index (χ0n) is 23.5. The molecule has 0 bridgehead atoms. The Balaban J connectivity index is 1.88. The minimum atomic E-state index is -1.09. The summed E-state index contributed by atoms with van der Waals surface area (Å²) in [5.41, 5.74) is 8.21. The van der Waals surface area contributed by atoms with Crippen molar-refractivity contribution in [1.29, 1.82) is 5.41 Å². The molecule has 1 amide bonds. The molecule has 0 spiro atoms. The number of carbonyl (C=O) groups excluding carboxylic acids is 2. The first kappa shape index (κ1) is 29.5. The van der Waals surface area contributed by atoms with E-state index in [1.807, 2.05) is 50.8 Å². The Bertz CT molecular complexity index is 1280. The van der Waals surface area contributed by atoms with Crippen molar-refractivity contribution >= 4 is 29.2 Å². The number of carboxylic acid groups (broad SMARTS) is 1. The number of anilines is 1. The van der Waals surface area contributed by atoms with Crippen molar-refractivity contribution in [2.75, 3.05) is 31.2 Å². The Morgan fingerprint density at radius 3 is 2.44 bits per heavy atom. The van der Waals surface area contributed by atoms with E-state index in [2.05, 4.69) is 0 Å². The van der Waals surface area contributed by atoms with Gasteiger partial charge in [0.1, 0.15) is 17.3 Å². The molecule has 1 atom stereocenters. The van der Waals surface area contributed by atoms with Gasteiger partial charge in [0, 0.05) is 24.2 Å². The number of carboxylic acids is 1. The predicted octanol–water partition coefficient (Wildman–Crippen LogP) is 3.57. The monoisotopic (exact) mass is 538 g/mol. The van der Waals surface area contributed by atoms with Crippen molar-refractivity contribution in [3.63, 3.8) is 0 Å². The normalized spacial score (nSPS) is 13.6. The standard InChI is InChI=1S/C29H38N4O6/c1-7-33(22-11-9-10-21(29(4,5)6)26(22)39-16-25(35)36)17(3)23(34)15-32-14-18-12-24(38-8-2)20(28(31)37)13-19(18)27(32)30/h9-13,17,30H,7-8,14-16H2,1-6H3,(H2,31,37)(H,35,36). The number of hydrogen-bond acceptors (Lipinski definition) is 7. The second-order valence-corrected chi connectivity index (χ2v) is 10.5. The molecular weight excluding hydrogens is 500 g/mol. The van der Waals surface area contributed by atoms with Gasteiger partial charge in [0.2, 0.25) is 0 Å². The van der Waals surface area contributed by atoms with Gasteiger partial charge in [-0.25, -0.2) is 4.79 Å². The molecule has 210 valence electrons. The first-order chi connectivity index (χ1) is 18.3. The van der Waals surface area contributed by atoms with E-state index < -0.39 is 24.5 Å². The van der Waals surface area contributed by atoms with Crippen LogP contribution in [0.3, 0.4) is 0 Å². The quantitative estimate of drug-likeness (QED) is 0.372. The highest BCUT2D eigenvalue weighted by molar-refractivity contribution is 6.06. The number of amides is 1. The van der Waals surface area contributed by atoms with Gasteiger partial charge < -0.3 is 30.1 Å². The lowest BCUT2D eigenvalue weighted by molar-refractivity contribution is -0.139. The van der Waals surface area contributed by atoms with Crippen LogP contribution in [-0.2, 0) is 21.5 Å². The largest absolute Gasteiger partial charge is 0.493 e. The van der Waals surface area contributed by atoms with Crippen molar-refractivity contribution in [3.05, 3.63) is 52.6 Å². The van der Waals surface area contributed by atoms with Crippen molar-refractivity contribution < 1.29 is 29.0 Å². The Morgan fingerprint density at radius 2 is 1.87 bits per heavy atom. The Hall–Kier alpha value is -4.08. The highest BCUT2D eigenvalue weighted by atomic mass is 16.5. The number of primary amides is 1. The van der Waals surface area contributed by atoms with Gasteiger partial charge in [0.25, 0.3) is 5.91 Å². The summed E-state index contributed by atoms with van der Waals surface area (Å²) in [4.78, 5) is 40.4. The fourth-order valence-corrected chi connectivity index (χ4v) is 4.80. The van der Waals surface area contributed by atoms with Crippen LogP contribution in [0.25, 0.3) is 0 Å². The Labute approximate surface area is 229 Å². The number of carbonyl (C=O) groups is 3. The summed E-state index contributed by atoms with van der Waals surface area (Å²) in [5, 5.41) is 17.9. The molecule has 1 aliphatic heterocycles. The van der Waals surface area contributed by atoms with Crippen molar-refractivity contribution in [3.8, 4) is 11.5 Å². The van der Waals surface area contributed by atoms with Crippen molar-refractivity contribution in [2.24, 2.45) is 5.73 Å². The topological polar surface area (TPSA) is 146 Å². The SMILES string of the molecule is CCOc1cc2c(cc1C(N)=O)C(=N)N(CC(=O)C(C)N(CC)c1cccc(C(C)(C)C)c1OCC(=O)O)C2. The molecule has 10 heteroatoms. The fourth-order valence-electron chi connectivity index (χ4n) is 4.80. The number of rotatable bonds is 12. The number of nitrogens with one attached hydrogen (secondary N) is 1. The van der Waals surface area contributed by atoms with Gasteiger partial charge in [-0.15, -0.1) is 0 Å². The number of amidine groups is 1. The molecule has 1 unspecified atom stereocenters. The van der Waals surface area contributed by atoms with Crippen molar-refractivity contribution in [2.45, 2.75) is 59.5 Å². The molecule has 1 aliphatic rings. The summed E-state index contributed by atoms with van der Waals surface area (Å²) in [6.07, 6.45) is 0. The van der Waals surface area contributed by atoms with Gasteiger partial charge in [0.15, 0.2) is 12.4 Å². The minimum absolute atomic E-state index is 0.0225. The van der Waals surface area contributed by atoms with Crippen LogP contribution >= 0.6 is 0 Å². The number of likely N-dealkylation sites (N-methyl/N-ethyl adjacent to an activating group) is 1. The maximum absolute atomic E-state index is 13.6. The number of fused-ring (bicyclic) bond motifs is 1. The van der Waals surface area contributed by atoms with Gasteiger partial charge in [-0.3, -0.25) is 15.0 Å². The van der Waals surface area contributed by atoms with Gasteiger partial charge in [-0.05, 0) is 49.9 Å². The number of nitrogens with zero attached hydrogens (tertiary/aromatic N) is 2. The Kier molecular flexibility index (Phi) is 8.88. The number of nitrogens with two attached hydrogens (primary N) is 1. The van der Waals surface area contributed by atoms with E-state index in [0.29, 0.717) is 42.4 Å². The molecular formula is C29H38N4O6. The molecule has 2 aromatic rings. The number of Topliss-reactive ketones (excluding diaryl/α,β-unsaturated/α-hetero) is 1. The lowest BCUT2D eigenvalue weighted by Crippen LogP contribution is -2.44. The van der Waals surface area contributed by atoms with Crippen LogP contribution in [0, 0.1) is 5.41 Å². The summed E-state index contributed by atoms with van der Waals surface area (Å²) >= 11 is 0. The molecule has 0 saturated carbocycles. The second kappa shape index (κ2) is 11.8. The smallest absolute Gasteiger partial charge is 0.341 e. The summed E-state index contributed by atoms with van der Waals surface area (Å²) in [6, 6.07) is 8.29. The minimum Gasteiger partial charge on any atom is -0.493 e. The van der Waals surface area contributed by atoms with Crippen LogP contribution in [0.5, 0.6) is 11.5 Å². The molecule has 2 aromatic carbocycles. The van der Waals surface area contributed by atoms with Gasteiger partial charge >= 0.3 is 5.97 Å². The number of ether oxygens (including phenoxy) is 2. The van der Waals surface area contributed by atoms with Crippen LogP contribution in [0.15, 0.2) is 30.3 Å². The van der Waals surface area contributed by atoms with Crippen molar-refractivity contribution in [1.82, 2.24) is 4.90 Å². The zero-order chi connectivity index (χ0) is 29.1. The molecule has 4 N–H and O–H groups in total. The maximum Gasteiger partial charge on any atom is 0.341 e. The molecule has 1 heterocycles. The third-order valence-corrected chi connectivity index (χ3v) is 6.78.